The minimum atomic E-state index is -1.11. The number of nitrogens with zero attached hydrogens (tertiary/aromatic N) is 1. The van der Waals surface area contributed by atoms with Crippen LogP contribution in [-0.2, 0) is 9.53 Å². The van der Waals surface area contributed by atoms with Crippen LogP contribution in [0.1, 0.15) is 40.0 Å². The summed E-state index contributed by atoms with van der Waals surface area (Å²) < 4.78 is 5.18. The molecule has 8 heteroatoms. The van der Waals surface area contributed by atoms with E-state index in [-0.39, 0.29) is 30.5 Å². The highest BCUT2D eigenvalue weighted by Crippen LogP contribution is 2.29. The summed E-state index contributed by atoms with van der Waals surface area (Å²) in [7, 11) is 0. The second-order valence-corrected chi connectivity index (χ2v) is 6.87. The van der Waals surface area contributed by atoms with Gasteiger partial charge in [0.1, 0.15) is 5.60 Å². The highest BCUT2D eigenvalue weighted by Gasteiger charge is 2.42. The first-order valence-corrected chi connectivity index (χ1v) is 7.42. The molecule has 1 saturated carbocycles. The second kappa shape index (κ2) is 6.02. The fourth-order valence-electron chi connectivity index (χ4n) is 2.79. The van der Waals surface area contributed by atoms with Gasteiger partial charge < -0.3 is 25.4 Å². The molecule has 2 rings (SSSR count). The summed E-state index contributed by atoms with van der Waals surface area (Å²) in [5.74, 6) is -0.0422. The molecule has 0 unspecified atom stereocenters. The lowest BCUT2D eigenvalue weighted by Gasteiger charge is -2.41. The summed E-state index contributed by atoms with van der Waals surface area (Å²) >= 11 is 0. The Bertz CT molecular complexity index is 468. The first-order valence-electron chi connectivity index (χ1n) is 7.42. The standard InChI is InChI=1S/C14H23N3O5/c1-14(2,3)22-13(21)16-8-4-10(5-8)17-7-9(6-11(17)18)15-12(19)20/h8-10,15H,4-7H2,1-3H3,(H,16,21)(H,19,20)/t8?,9-,10?/m0/s1. The SMILES string of the molecule is CC(C)(C)OC(=O)NC1CC(N2C[C@@H](NC(=O)O)CC2=O)C1. The van der Waals surface area contributed by atoms with E-state index >= 15 is 0 Å². The number of hydrogen-bond acceptors (Lipinski definition) is 4. The third-order valence-electron chi connectivity index (χ3n) is 3.76. The molecular formula is C14H23N3O5. The van der Waals surface area contributed by atoms with Crippen molar-refractivity contribution in [1.82, 2.24) is 15.5 Å². The first-order chi connectivity index (χ1) is 10.1. The van der Waals surface area contributed by atoms with Crippen molar-refractivity contribution in [2.24, 2.45) is 0 Å². The highest BCUT2D eigenvalue weighted by molar-refractivity contribution is 5.81. The van der Waals surface area contributed by atoms with E-state index in [0.717, 1.165) is 0 Å². The van der Waals surface area contributed by atoms with E-state index in [2.05, 4.69) is 10.6 Å². The van der Waals surface area contributed by atoms with Gasteiger partial charge in [0.2, 0.25) is 5.91 Å². The van der Waals surface area contributed by atoms with Crippen molar-refractivity contribution in [3.8, 4) is 0 Å². The molecule has 1 atom stereocenters. The normalized spacial score (nSPS) is 28.0. The fourth-order valence-corrected chi connectivity index (χ4v) is 2.79. The van der Waals surface area contributed by atoms with Crippen LogP contribution in [-0.4, -0.2) is 58.4 Å². The van der Waals surface area contributed by atoms with Crippen molar-refractivity contribution in [1.29, 1.82) is 0 Å². The Hall–Kier alpha value is -1.99. The Kier molecular flexibility index (Phi) is 4.48. The Balaban J connectivity index is 1.74. The number of ether oxygens (including phenoxy) is 1. The number of alkyl carbamates (subject to hydrolysis) is 1. The molecule has 2 fully saturated rings. The average molecular weight is 313 g/mol. The zero-order chi connectivity index (χ0) is 16.5. The van der Waals surface area contributed by atoms with Gasteiger partial charge in [-0.2, -0.15) is 0 Å². The largest absolute Gasteiger partial charge is 0.465 e. The predicted octanol–water partition coefficient (Wildman–Crippen LogP) is 0.911. The van der Waals surface area contributed by atoms with E-state index in [1.807, 2.05) is 0 Å². The summed E-state index contributed by atoms with van der Waals surface area (Å²) in [4.78, 5) is 35.8. The zero-order valence-corrected chi connectivity index (χ0v) is 13.1. The molecule has 0 spiro atoms. The predicted molar refractivity (Wildman–Crippen MR) is 77.5 cm³/mol. The zero-order valence-electron chi connectivity index (χ0n) is 13.1. The number of nitrogens with one attached hydrogen (secondary N) is 2. The Morgan fingerprint density at radius 1 is 1.23 bits per heavy atom. The maximum absolute atomic E-state index is 11.9. The van der Waals surface area contributed by atoms with Gasteiger partial charge in [0.15, 0.2) is 0 Å². The summed E-state index contributed by atoms with van der Waals surface area (Å²) in [6.45, 7) is 5.80. The van der Waals surface area contributed by atoms with Crippen molar-refractivity contribution in [2.45, 2.75) is 63.8 Å². The van der Waals surface area contributed by atoms with E-state index in [1.54, 1.807) is 25.7 Å². The molecule has 2 aliphatic rings. The number of amides is 3. The lowest BCUT2D eigenvalue weighted by Crippen LogP contribution is -2.55. The maximum atomic E-state index is 11.9. The van der Waals surface area contributed by atoms with Gasteiger partial charge in [-0.1, -0.05) is 0 Å². The number of carbonyl (C=O) groups is 3. The van der Waals surface area contributed by atoms with Gasteiger partial charge in [-0.05, 0) is 33.6 Å². The summed E-state index contributed by atoms with van der Waals surface area (Å²) in [5, 5.41) is 13.8. The van der Waals surface area contributed by atoms with Crippen molar-refractivity contribution in [2.75, 3.05) is 6.54 Å². The minimum absolute atomic E-state index is 0.000803. The van der Waals surface area contributed by atoms with Crippen LogP contribution in [0.4, 0.5) is 9.59 Å². The highest BCUT2D eigenvalue weighted by atomic mass is 16.6. The molecule has 1 aliphatic carbocycles. The Morgan fingerprint density at radius 2 is 1.86 bits per heavy atom. The molecule has 1 aliphatic heterocycles. The lowest BCUT2D eigenvalue weighted by atomic mass is 9.85. The number of carbonyl (C=O) groups excluding carboxylic acids is 2. The average Bonchev–Trinajstić information content (AvgIpc) is 2.60. The van der Waals surface area contributed by atoms with Gasteiger partial charge in [-0.3, -0.25) is 4.79 Å². The molecule has 0 radical (unpaired) electrons. The van der Waals surface area contributed by atoms with Crippen molar-refractivity contribution < 1.29 is 24.2 Å². The summed E-state index contributed by atoms with van der Waals surface area (Å²) in [5.41, 5.74) is -0.534. The van der Waals surface area contributed by atoms with E-state index in [1.165, 1.54) is 0 Å². The van der Waals surface area contributed by atoms with Crippen LogP contribution in [0, 0.1) is 0 Å². The van der Waals surface area contributed by atoms with Gasteiger partial charge in [-0.15, -0.1) is 0 Å². The smallest absolute Gasteiger partial charge is 0.407 e. The van der Waals surface area contributed by atoms with Gasteiger partial charge in [0.05, 0.1) is 6.04 Å². The van der Waals surface area contributed by atoms with Gasteiger partial charge in [-0.25, -0.2) is 9.59 Å². The molecule has 1 heterocycles. The van der Waals surface area contributed by atoms with Crippen molar-refractivity contribution >= 4 is 18.1 Å². The maximum Gasteiger partial charge on any atom is 0.407 e. The number of rotatable bonds is 3. The molecule has 3 N–H and O–H groups in total. The molecule has 22 heavy (non-hydrogen) atoms. The van der Waals surface area contributed by atoms with Gasteiger partial charge in [0.25, 0.3) is 0 Å². The van der Waals surface area contributed by atoms with Crippen LogP contribution in [0.2, 0.25) is 0 Å². The molecule has 1 saturated heterocycles. The Labute approximate surface area is 129 Å². The molecule has 0 aromatic heterocycles. The number of carboxylic acid groups (broad SMARTS) is 1. The molecule has 0 bridgehead atoms. The van der Waals surface area contributed by atoms with E-state index in [9.17, 15) is 14.4 Å². The minimum Gasteiger partial charge on any atom is -0.465 e. The van der Waals surface area contributed by atoms with Crippen molar-refractivity contribution in [3.05, 3.63) is 0 Å². The first kappa shape index (κ1) is 16.4. The van der Waals surface area contributed by atoms with Crippen LogP contribution >= 0.6 is 0 Å². The lowest BCUT2D eigenvalue weighted by molar-refractivity contribution is -0.131. The molecule has 124 valence electrons. The molecular weight excluding hydrogens is 290 g/mol. The van der Waals surface area contributed by atoms with Crippen LogP contribution in [0.5, 0.6) is 0 Å². The van der Waals surface area contributed by atoms with Crippen LogP contribution < -0.4 is 10.6 Å². The topological polar surface area (TPSA) is 108 Å². The van der Waals surface area contributed by atoms with E-state index in [0.29, 0.717) is 19.4 Å². The van der Waals surface area contributed by atoms with Crippen LogP contribution in [0.25, 0.3) is 0 Å². The molecule has 3 amide bonds. The summed E-state index contributed by atoms with van der Waals surface area (Å²) in [6, 6.07) is -0.282. The van der Waals surface area contributed by atoms with Crippen LogP contribution in [0.15, 0.2) is 0 Å². The number of likely N-dealkylation sites (tertiary alicyclic amines) is 1. The van der Waals surface area contributed by atoms with Crippen LogP contribution in [0.3, 0.4) is 0 Å². The second-order valence-electron chi connectivity index (χ2n) is 6.87. The quantitative estimate of drug-likeness (QED) is 0.718. The molecule has 0 aromatic carbocycles. The number of hydrogen-bond donors (Lipinski definition) is 3. The third-order valence-corrected chi connectivity index (χ3v) is 3.76. The molecule has 0 aromatic rings. The van der Waals surface area contributed by atoms with E-state index < -0.39 is 17.8 Å². The van der Waals surface area contributed by atoms with E-state index in [4.69, 9.17) is 9.84 Å². The Morgan fingerprint density at radius 3 is 2.41 bits per heavy atom. The van der Waals surface area contributed by atoms with Gasteiger partial charge in [0, 0.05) is 25.0 Å². The third kappa shape index (κ3) is 4.25. The summed E-state index contributed by atoms with van der Waals surface area (Å²) in [6.07, 6.45) is -0.0189. The fraction of sp³-hybridized carbons (Fsp3) is 0.786. The monoisotopic (exact) mass is 313 g/mol. The van der Waals surface area contributed by atoms with Crippen molar-refractivity contribution in [3.63, 3.8) is 0 Å². The molecule has 8 nitrogen and oxygen atoms in total. The van der Waals surface area contributed by atoms with Gasteiger partial charge >= 0.3 is 12.2 Å².